The number of ether oxygens (including phenoxy) is 1. The second kappa shape index (κ2) is 5.09. The molecule has 0 spiro atoms. The average Bonchev–Trinajstić information content (AvgIpc) is 2.67. The van der Waals surface area contributed by atoms with Crippen LogP contribution in [-0.4, -0.2) is 12.6 Å². The zero-order chi connectivity index (χ0) is 12.4. The number of likely N-dealkylation sites (N-methyl/N-ethyl adjacent to an activating group) is 1. The van der Waals surface area contributed by atoms with Crippen molar-refractivity contribution in [2.45, 2.75) is 52.2 Å². The molecule has 2 nitrogen and oxygen atoms in total. The molecule has 0 fully saturated rings. The third-order valence-electron chi connectivity index (χ3n) is 3.51. The minimum atomic E-state index is 0.285. The van der Waals surface area contributed by atoms with Crippen LogP contribution < -0.4 is 10.1 Å². The molecule has 0 amide bonds. The fourth-order valence-electron chi connectivity index (χ4n) is 2.49. The molecule has 1 heterocycles. The molecular weight excluding hydrogens is 210 g/mol. The van der Waals surface area contributed by atoms with Crippen LogP contribution in [0, 0.1) is 0 Å². The van der Waals surface area contributed by atoms with Gasteiger partial charge in [-0.05, 0) is 30.5 Å². The van der Waals surface area contributed by atoms with Gasteiger partial charge in [0, 0.05) is 5.56 Å². The second-order valence-electron chi connectivity index (χ2n) is 5.05. The van der Waals surface area contributed by atoms with Gasteiger partial charge in [0.05, 0.1) is 6.04 Å². The van der Waals surface area contributed by atoms with Crippen molar-refractivity contribution in [3.63, 3.8) is 0 Å². The van der Waals surface area contributed by atoms with Crippen molar-refractivity contribution in [2.24, 2.45) is 0 Å². The van der Waals surface area contributed by atoms with Gasteiger partial charge in [-0.2, -0.15) is 0 Å². The molecular formula is C15H23NO. The summed E-state index contributed by atoms with van der Waals surface area (Å²) in [7, 11) is 0. The monoisotopic (exact) mass is 233 g/mol. The molecule has 1 aliphatic rings. The van der Waals surface area contributed by atoms with Gasteiger partial charge in [0.15, 0.2) is 0 Å². The Hall–Kier alpha value is -1.02. The summed E-state index contributed by atoms with van der Waals surface area (Å²) in [6.07, 6.45) is 1.33. The van der Waals surface area contributed by atoms with Crippen molar-refractivity contribution < 1.29 is 4.74 Å². The van der Waals surface area contributed by atoms with E-state index in [2.05, 4.69) is 51.2 Å². The van der Waals surface area contributed by atoms with E-state index in [9.17, 15) is 0 Å². The molecule has 17 heavy (non-hydrogen) atoms. The Morgan fingerprint density at radius 2 is 2.06 bits per heavy atom. The highest BCUT2D eigenvalue weighted by atomic mass is 16.5. The van der Waals surface area contributed by atoms with Gasteiger partial charge in [-0.25, -0.2) is 0 Å². The molecule has 2 rings (SSSR count). The maximum absolute atomic E-state index is 5.99. The second-order valence-corrected chi connectivity index (χ2v) is 5.05. The Labute approximate surface area is 104 Å². The van der Waals surface area contributed by atoms with Gasteiger partial charge in [0.25, 0.3) is 0 Å². The third-order valence-corrected chi connectivity index (χ3v) is 3.51. The van der Waals surface area contributed by atoms with Gasteiger partial charge in [0.2, 0.25) is 0 Å². The molecule has 2 heteroatoms. The predicted molar refractivity (Wildman–Crippen MR) is 71.7 cm³/mol. The SMILES string of the molecule is CCNC1c2cc(C(C)C)ccc2OC1CC. The zero-order valence-corrected chi connectivity index (χ0v) is 11.3. The number of nitrogens with one attached hydrogen (secondary N) is 1. The van der Waals surface area contributed by atoms with Gasteiger partial charge >= 0.3 is 0 Å². The minimum absolute atomic E-state index is 0.285. The largest absolute Gasteiger partial charge is 0.488 e. The normalized spacial score (nSPS) is 22.6. The molecule has 2 unspecified atom stereocenters. The van der Waals surface area contributed by atoms with Crippen LogP contribution in [0.15, 0.2) is 18.2 Å². The highest BCUT2D eigenvalue weighted by molar-refractivity contribution is 5.44. The van der Waals surface area contributed by atoms with E-state index in [0.717, 1.165) is 18.7 Å². The lowest BCUT2D eigenvalue weighted by molar-refractivity contribution is 0.186. The molecule has 0 aliphatic carbocycles. The summed E-state index contributed by atoms with van der Waals surface area (Å²) in [5.74, 6) is 1.63. The molecule has 2 atom stereocenters. The molecule has 1 aromatic rings. The van der Waals surface area contributed by atoms with Crippen LogP contribution in [0.3, 0.4) is 0 Å². The minimum Gasteiger partial charge on any atom is -0.488 e. The van der Waals surface area contributed by atoms with Gasteiger partial charge in [-0.15, -0.1) is 0 Å². The lowest BCUT2D eigenvalue weighted by Crippen LogP contribution is -2.30. The van der Waals surface area contributed by atoms with Crippen molar-refractivity contribution in [3.05, 3.63) is 29.3 Å². The summed E-state index contributed by atoms with van der Waals surface area (Å²) in [6, 6.07) is 6.98. The Kier molecular flexibility index (Phi) is 3.72. The van der Waals surface area contributed by atoms with Crippen molar-refractivity contribution in [1.82, 2.24) is 5.32 Å². The zero-order valence-electron chi connectivity index (χ0n) is 11.3. The Bertz CT molecular complexity index is 387. The van der Waals surface area contributed by atoms with Crippen LogP contribution in [-0.2, 0) is 0 Å². The van der Waals surface area contributed by atoms with Gasteiger partial charge in [0.1, 0.15) is 11.9 Å². The first kappa shape index (κ1) is 12.4. The van der Waals surface area contributed by atoms with E-state index in [1.165, 1.54) is 11.1 Å². The molecule has 0 aromatic heterocycles. The first-order valence-electron chi connectivity index (χ1n) is 6.71. The van der Waals surface area contributed by atoms with E-state index < -0.39 is 0 Å². The summed E-state index contributed by atoms with van der Waals surface area (Å²) in [5, 5.41) is 3.54. The predicted octanol–water partition coefficient (Wildman–Crippen LogP) is 3.63. The summed E-state index contributed by atoms with van der Waals surface area (Å²) in [5.41, 5.74) is 2.73. The van der Waals surface area contributed by atoms with Crippen LogP contribution in [0.5, 0.6) is 5.75 Å². The Morgan fingerprint density at radius 3 is 2.65 bits per heavy atom. The maximum atomic E-state index is 5.99. The number of fused-ring (bicyclic) bond motifs is 1. The first-order chi connectivity index (χ1) is 8.17. The number of rotatable bonds is 4. The van der Waals surface area contributed by atoms with E-state index >= 15 is 0 Å². The number of benzene rings is 1. The Balaban J connectivity index is 2.33. The van der Waals surface area contributed by atoms with Crippen molar-refractivity contribution in [3.8, 4) is 5.75 Å². The van der Waals surface area contributed by atoms with Crippen LogP contribution in [0.2, 0.25) is 0 Å². The molecule has 1 aromatic carbocycles. The lowest BCUT2D eigenvalue weighted by Gasteiger charge is -2.18. The van der Waals surface area contributed by atoms with Crippen LogP contribution in [0.25, 0.3) is 0 Å². The highest BCUT2D eigenvalue weighted by Gasteiger charge is 2.32. The molecule has 0 bridgehead atoms. The van der Waals surface area contributed by atoms with E-state index in [1.807, 2.05) is 0 Å². The van der Waals surface area contributed by atoms with E-state index in [4.69, 9.17) is 4.74 Å². The Morgan fingerprint density at radius 1 is 1.29 bits per heavy atom. The van der Waals surface area contributed by atoms with E-state index in [1.54, 1.807) is 0 Å². The van der Waals surface area contributed by atoms with Crippen molar-refractivity contribution in [2.75, 3.05) is 6.54 Å². The van der Waals surface area contributed by atoms with Gasteiger partial charge in [-0.1, -0.05) is 39.8 Å². The van der Waals surface area contributed by atoms with Crippen LogP contribution in [0.4, 0.5) is 0 Å². The highest BCUT2D eigenvalue weighted by Crippen LogP contribution is 2.39. The molecule has 1 aliphatic heterocycles. The molecule has 0 saturated heterocycles. The summed E-state index contributed by atoms with van der Waals surface area (Å²) >= 11 is 0. The molecule has 1 N–H and O–H groups in total. The maximum Gasteiger partial charge on any atom is 0.124 e. The fourth-order valence-corrected chi connectivity index (χ4v) is 2.49. The van der Waals surface area contributed by atoms with E-state index in [-0.39, 0.29) is 6.10 Å². The number of hydrogen-bond donors (Lipinski definition) is 1. The smallest absolute Gasteiger partial charge is 0.124 e. The third kappa shape index (κ3) is 2.32. The fraction of sp³-hybridized carbons (Fsp3) is 0.600. The first-order valence-corrected chi connectivity index (χ1v) is 6.71. The van der Waals surface area contributed by atoms with Crippen LogP contribution in [0.1, 0.15) is 57.2 Å². The standard InChI is InChI=1S/C15H23NO/c1-5-13-15(16-6-2)12-9-11(10(3)4)7-8-14(12)17-13/h7-10,13,15-16H,5-6H2,1-4H3. The quantitative estimate of drug-likeness (QED) is 0.857. The average molecular weight is 233 g/mol. The number of hydrogen-bond acceptors (Lipinski definition) is 2. The van der Waals surface area contributed by atoms with E-state index in [0.29, 0.717) is 12.0 Å². The summed E-state index contributed by atoms with van der Waals surface area (Å²) in [4.78, 5) is 0. The van der Waals surface area contributed by atoms with Crippen LogP contribution >= 0.6 is 0 Å². The molecule has 94 valence electrons. The van der Waals surface area contributed by atoms with Crippen molar-refractivity contribution >= 4 is 0 Å². The van der Waals surface area contributed by atoms with Gasteiger partial charge in [-0.3, -0.25) is 0 Å². The lowest BCUT2D eigenvalue weighted by atomic mass is 9.96. The van der Waals surface area contributed by atoms with Gasteiger partial charge < -0.3 is 10.1 Å². The molecule has 0 saturated carbocycles. The van der Waals surface area contributed by atoms with Crippen molar-refractivity contribution in [1.29, 1.82) is 0 Å². The molecule has 0 radical (unpaired) electrons. The summed E-state index contributed by atoms with van der Waals surface area (Å²) < 4.78 is 5.99. The topological polar surface area (TPSA) is 21.3 Å². The summed E-state index contributed by atoms with van der Waals surface area (Å²) in [6.45, 7) is 9.78.